The second kappa shape index (κ2) is 4.81. The molecule has 2 aromatic carbocycles. The Morgan fingerprint density at radius 3 is 2.70 bits per heavy atom. The molecule has 3 aromatic rings. The van der Waals surface area contributed by atoms with Gasteiger partial charge in [0.2, 0.25) is 0 Å². The fourth-order valence-corrected chi connectivity index (χ4v) is 2.14. The molecule has 3 nitrogen and oxygen atoms in total. The van der Waals surface area contributed by atoms with Crippen LogP contribution in [-0.2, 0) is 0 Å². The fraction of sp³-hybridized carbons (Fsp3) is 0.0625. The zero-order valence-corrected chi connectivity index (χ0v) is 11.0. The van der Waals surface area contributed by atoms with E-state index in [2.05, 4.69) is 4.98 Å². The van der Waals surface area contributed by atoms with Gasteiger partial charge in [0.05, 0.1) is 5.52 Å². The standard InChI is InChI=1S/C16H14FN3/c1-20(14-4-2-3-12(17)10-14)16-8-5-11-9-13(18)6-7-15(11)19-16/h2-10H,18H2,1H3. The number of aromatic nitrogens is 1. The third-order valence-electron chi connectivity index (χ3n) is 3.24. The summed E-state index contributed by atoms with van der Waals surface area (Å²) in [7, 11) is 1.86. The molecule has 4 heteroatoms. The Labute approximate surface area is 116 Å². The Hall–Kier alpha value is -2.62. The quantitative estimate of drug-likeness (QED) is 0.719. The molecule has 2 N–H and O–H groups in total. The summed E-state index contributed by atoms with van der Waals surface area (Å²) in [5, 5.41) is 0.987. The second-order valence-corrected chi connectivity index (χ2v) is 4.66. The van der Waals surface area contributed by atoms with Gasteiger partial charge in [-0.1, -0.05) is 6.07 Å². The lowest BCUT2D eigenvalue weighted by Crippen LogP contribution is -2.11. The van der Waals surface area contributed by atoms with E-state index in [9.17, 15) is 4.39 Å². The monoisotopic (exact) mass is 267 g/mol. The van der Waals surface area contributed by atoms with Crippen molar-refractivity contribution in [2.45, 2.75) is 0 Å². The zero-order chi connectivity index (χ0) is 14.1. The van der Waals surface area contributed by atoms with Crippen molar-refractivity contribution in [2.75, 3.05) is 17.7 Å². The van der Waals surface area contributed by atoms with Gasteiger partial charge in [-0.2, -0.15) is 0 Å². The minimum atomic E-state index is -0.261. The molecule has 0 saturated heterocycles. The van der Waals surface area contributed by atoms with Crippen molar-refractivity contribution >= 4 is 28.1 Å². The minimum absolute atomic E-state index is 0.261. The lowest BCUT2D eigenvalue weighted by Gasteiger charge is -2.18. The van der Waals surface area contributed by atoms with Gasteiger partial charge in [0, 0.05) is 23.8 Å². The summed E-state index contributed by atoms with van der Waals surface area (Å²) < 4.78 is 13.3. The van der Waals surface area contributed by atoms with Crippen LogP contribution in [0.5, 0.6) is 0 Å². The number of hydrogen-bond acceptors (Lipinski definition) is 3. The fourth-order valence-electron chi connectivity index (χ4n) is 2.14. The number of nitrogens with two attached hydrogens (primary N) is 1. The molecule has 0 radical (unpaired) electrons. The van der Waals surface area contributed by atoms with Crippen LogP contribution in [0.4, 0.5) is 21.6 Å². The van der Waals surface area contributed by atoms with Gasteiger partial charge in [0.25, 0.3) is 0 Å². The topological polar surface area (TPSA) is 42.1 Å². The van der Waals surface area contributed by atoms with Crippen LogP contribution < -0.4 is 10.6 Å². The summed E-state index contributed by atoms with van der Waals surface area (Å²) in [6, 6.07) is 15.9. The van der Waals surface area contributed by atoms with Gasteiger partial charge in [-0.05, 0) is 48.5 Å². The van der Waals surface area contributed by atoms with Crippen LogP contribution in [0.3, 0.4) is 0 Å². The molecule has 0 aliphatic heterocycles. The van der Waals surface area contributed by atoms with Crippen LogP contribution in [0.2, 0.25) is 0 Å². The summed E-state index contributed by atoms with van der Waals surface area (Å²) in [5.74, 6) is 0.496. The highest BCUT2D eigenvalue weighted by molar-refractivity contribution is 5.84. The molecule has 1 aromatic heterocycles. The Kier molecular flexibility index (Phi) is 2.99. The van der Waals surface area contributed by atoms with Crippen LogP contribution in [0.25, 0.3) is 10.9 Å². The van der Waals surface area contributed by atoms with Gasteiger partial charge in [-0.3, -0.25) is 0 Å². The molecule has 0 fully saturated rings. The third kappa shape index (κ3) is 2.28. The van der Waals surface area contributed by atoms with E-state index < -0.39 is 0 Å². The first kappa shape index (κ1) is 12.4. The molecule has 0 atom stereocenters. The van der Waals surface area contributed by atoms with Crippen LogP contribution in [0, 0.1) is 5.82 Å². The van der Waals surface area contributed by atoms with E-state index in [0.717, 1.165) is 22.4 Å². The van der Waals surface area contributed by atoms with Gasteiger partial charge in [0.1, 0.15) is 11.6 Å². The molecule has 0 amide bonds. The highest BCUT2D eigenvalue weighted by Gasteiger charge is 2.07. The maximum Gasteiger partial charge on any atom is 0.133 e. The van der Waals surface area contributed by atoms with Crippen LogP contribution in [0.15, 0.2) is 54.6 Å². The van der Waals surface area contributed by atoms with Crippen molar-refractivity contribution in [3.63, 3.8) is 0 Å². The summed E-state index contributed by atoms with van der Waals surface area (Å²) in [6.07, 6.45) is 0. The lowest BCUT2D eigenvalue weighted by atomic mass is 10.2. The first-order valence-electron chi connectivity index (χ1n) is 6.29. The van der Waals surface area contributed by atoms with Gasteiger partial charge >= 0.3 is 0 Å². The normalized spacial score (nSPS) is 10.7. The average Bonchev–Trinajstić information content (AvgIpc) is 2.46. The Morgan fingerprint density at radius 1 is 1.05 bits per heavy atom. The average molecular weight is 267 g/mol. The number of pyridine rings is 1. The van der Waals surface area contributed by atoms with Crippen LogP contribution >= 0.6 is 0 Å². The van der Waals surface area contributed by atoms with Crippen LogP contribution in [0.1, 0.15) is 0 Å². The molecule has 1 heterocycles. The predicted molar refractivity (Wildman–Crippen MR) is 80.6 cm³/mol. The molecule has 20 heavy (non-hydrogen) atoms. The second-order valence-electron chi connectivity index (χ2n) is 4.66. The van der Waals surface area contributed by atoms with E-state index in [0.29, 0.717) is 5.69 Å². The van der Waals surface area contributed by atoms with E-state index in [1.807, 2.05) is 48.3 Å². The number of nitrogens with zero attached hydrogens (tertiary/aromatic N) is 2. The number of hydrogen-bond donors (Lipinski definition) is 1. The summed E-state index contributed by atoms with van der Waals surface area (Å²) in [6.45, 7) is 0. The molecule has 0 aliphatic rings. The number of benzene rings is 2. The predicted octanol–water partition coefficient (Wildman–Crippen LogP) is 3.72. The van der Waals surface area contributed by atoms with E-state index in [-0.39, 0.29) is 5.82 Å². The summed E-state index contributed by atoms with van der Waals surface area (Å²) in [5.41, 5.74) is 8.08. The van der Waals surface area contributed by atoms with E-state index in [4.69, 9.17) is 5.73 Å². The minimum Gasteiger partial charge on any atom is -0.399 e. The summed E-state index contributed by atoms with van der Waals surface area (Å²) in [4.78, 5) is 6.42. The van der Waals surface area contributed by atoms with Crippen LogP contribution in [-0.4, -0.2) is 12.0 Å². The van der Waals surface area contributed by atoms with Crippen molar-refractivity contribution < 1.29 is 4.39 Å². The molecular weight excluding hydrogens is 253 g/mol. The molecule has 0 unspecified atom stereocenters. The van der Waals surface area contributed by atoms with Crippen molar-refractivity contribution in [3.8, 4) is 0 Å². The molecular formula is C16H14FN3. The smallest absolute Gasteiger partial charge is 0.133 e. The van der Waals surface area contributed by atoms with Crippen molar-refractivity contribution in [1.29, 1.82) is 0 Å². The third-order valence-corrected chi connectivity index (χ3v) is 3.24. The maximum atomic E-state index is 13.3. The number of nitrogen functional groups attached to an aromatic ring is 1. The largest absolute Gasteiger partial charge is 0.399 e. The first-order chi connectivity index (χ1) is 9.63. The maximum absolute atomic E-state index is 13.3. The van der Waals surface area contributed by atoms with E-state index >= 15 is 0 Å². The number of rotatable bonds is 2. The summed E-state index contributed by atoms with van der Waals surface area (Å²) >= 11 is 0. The highest BCUT2D eigenvalue weighted by Crippen LogP contribution is 2.25. The highest BCUT2D eigenvalue weighted by atomic mass is 19.1. The molecule has 0 spiro atoms. The number of anilines is 3. The van der Waals surface area contributed by atoms with Crippen molar-refractivity contribution in [1.82, 2.24) is 4.98 Å². The lowest BCUT2D eigenvalue weighted by molar-refractivity contribution is 0.628. The number of fused-ring (bicyclic) bond motifs is 1. The SMILES string of the molecule is CN(c1cccc(F)c1)c1ccc2cc(N)ccc2n1. The van der Waals surface area contributed by atoms with E-state index in [1.54, 1.807) is 6.07 Å². The molecule has 0 bridgehead atoms. The van der Waals surface area contributed by atoms with Crippen molar-refractivity contribution in [3.05, 3.63) is 60.4 Å². The van der Waals surface area contributed by atoms with Gasteiger partial charge in [0.15, 0.2) is 0 Å². The Morgan fingerprint density at radius 2 is 1.90 bits per heavy atom. The molecule has 0 aliphatic carbocycles. The van der Waals surface area contributed by atoms with E-state index in [1.165, 1.54) is 12.1 Å². The van der Waals surface area contributed by atoms with Crippen molar-refractivity contribution in [2.24, 2.45) is 0 Å². The Balaban J connectivity index is 2.03. The number of halogens is 1. The molecule has 3 rings (SSSR count). The first-order valence-corrected chi connectivity index (χ1v) is 6.29. The molecule has 100 valence electrons. The molecule has 0 saturated carbocycles. The van der Waals surface area contributed by atoms with Gasteiger partial charge in [-0.15, -0.1) is 0 Å². The van der Waals surface area contributed by atoms with Gasteiger partial charge in [-0.25, -0.2) is 9.37 Å². The Bertz CT molecular complexity index is 771. The van der Waals surface area contributed by atoms with Gasteiger partial charge < -0.3 is 10.6 Å². The zero-order valence-electron chi connectivity index (χ0n) is 11.0.